The Hall–Kier alpha value is -1.69. The zero-order valence-corrected chi connectivity index (χ0v) is 19.0. The molecule has 1 saturated heterocycles. The van der Waals surface area contributed by atoms with Gasteiger partial charge in [-0.15, -0.1) is 10.2 Å². The molecule has 6 heteroatoms. The van der Waals surface area contributed by atoms with E-state index in [0.717, 1.165) is 56.4 Å². The van der Waals surface area contributed by atoms with Crippen molar-refractivity contribution in [3.8, 4) is 0 Å². The molecule has 0 bridgehead atoms. The highest BCUT2D eigenvalue weighted by Crippen LogP contribution is 2.33. The number of nitrogens with one attached hydrogen (secondary N) is 1. The topological polar surface area (TPSA) is 78.4 Å². The van der Waals surface area contributed by atoms with Crippen molar-refractivity contribution in [2.45, 2.75) is 102 Å². The Morgan fingerprint density at radius 2 is 1.52 bits per heavy atom. The van der Waals surface area contributed by atoms with E-state index in [9.17, 15) is 9.90 Å². The van der Waals surface area contributed by atoms with Gasteiger partial charge in [0.1, 0.15) is 0 Å². The van der Waals surface area contributed by atoms with Crippen LogP contribution in [0.25, 0.3) is 0 Å². The van der Waals surface area contributed by atoms with Crippen LogP contribution >= 0.6 is 0 Å². The Bertz CT molecular complexity index is 671. The van der Waals surface area contributed by atoms with Crippen LogP contribution in [0.15, 0.2) is 12.1 Å². The van der Waals surface area contributed by atoms with Crippen LogP contribution in [0, 0.1) is 11.8 Å². The van der Waals surface area contributed by atoms with Crippen molar-refractivity contribution in [1.29, 1.82) is 0 Å². The highest BCUT2D eigenvalue weighted by atomic mass is 16.3. The molecule has 2 aliphatic carbocycles. The summed E-state index contributed by atoms with van der Waals surface area (Å²) in [4.78, 5) is 14.9. The molecule has 0 spiro atoms. The first-order chi connectivity index (χ1) is 15.2. The van der Waals surface area contributed by atoms with Gasteiger partial charge in [0, 0.05) is 19.1 Å². The van der Waals surface area contributed by atoms with E-state index in [1.807, 2.05) is 12.1 Å². The standard InChI is InChI=1S/C25H40N4O2/c30-22-10-8-19(9-11-22)18-20-14-16-29(17-15-20)24-13-12-23(27-28-24)25(31)26-21-6-4-2-1-3-5-7-21/h12-13,19-22,30H,1-11,14-18H2,(H,26,31). The van der Waals surface area contributed by atoms with E-state index in [1.54, 1.807) is 0 Å². The minimum absolute atomic E-state index is 0.0570. The van der Waals surface area contributed by atoms with E-state index < -0.39 is 0 Å². The molecule has 2 saturated carbocycles. The van der Waals surface area contributed by atoms with Gasteiger partial charge in [0.2, 0.25) is 0 Å². The second-order valence-corrected chi connectivity index (χ2v) is 10.1. The predicted molar refractivity (Wildman–Crippen MR) is 123 cm³/mol. The molecule has 172 valence electrons. The number of nitrogens with zero attached hydrogens (tertiary/aromatic N) is 3. The molecular weight excluding hydrogens is 388 g/mol. The Kier molecular flexibility index (Phi) is 8.17. The molecule has 0 radical (unpaired) electrons. The van der Waals surface area contributed by atoms with Crippen LogP contribution in [0.4, 0.5) is 5.82 Å². The van der Waals surface area contributed by atoms with Gasteiger partial charge in [-0.05, 0) is 81.8 Å². The third-order valence-electron chi connectivity index (χ3n) is 7.74. The number of anilines is 1. The molecule has 1 aromatic heterocycles. The number of amides is 1. The van der Waals surface area contributed by atoms with Gasteiger partial charge >= 0.3 is 0 Å². The first-order valence-electron chi connectivity index (χ1n) is 12.7. The molecule has 0 aromatic carbocycles. The smallest absolute Gasteiger partial charge is 0.272 e. The van der Waals surface area contributed by atoms with Gasteiger partial charge in [-0.2, -0.15) is 0 Å². The van der Waals surface area contributed by atoms with E-state index in [0.29, 0.717) is 5.69 Å². The maximum atomic E-state index is 12.6. The van der Waals surface area contributed by atoms with E-state index in [-0.39, 0.29) is 18.1 Å². The molecule has 0 atom stereocenters. The monoisotopic (exact) mass is 428 g/mol. The number of aliphatic hydroxyl groups excluding tert-OH is 1. The Morgan fingerprint density at radius 3 is 2.16 bits per heavy atom. The molecule has 0 unspecified atom stereocenters. The van der Waals surface area contributed by atoms with Crippen molar-refractivity contribution in [3.05, 3.63) is 17.8 Å². The Labute approximate surface area is 187 Å². The fourth-order valence-electron chi connectivity index (χ4n) is 5.72. The SMILES string of the molecule is O=C(NC1CCCCCCC1)c1ccc(N2CCC(CC3CCC(O)CC3)CC2)nn1. The van der Waals surface area contributed by atoms with Crippen LogP contribution in [0.1, 0.15) is 100 Å². The lowest BCUT2D eigenvalue weighted by atomic mass is 9.79. The Morgan fingerprint density at radius 1 is 0.871 bits per heavy atom. The maximum absolute atomic E-state index is 12.6. The quantitative estimate of drug-likeness (QED) is 0.723. The first-order valence-corrected chi connectivity index (χ1v) is 12.7. The number of aromatic nitrogens is 2. The summed E-state index contributed by atoms with van der Waals surface area (Å²) in [5, 5.41) is 21.5. The van der Waals surface area contributed by atoms with Gasteiger partial charge in [-0.3, -0.25) is 4.79 Å². The second-order valence-electron chi connectivity index (χ2n) is 10.1. The molecule has 1 aromatic rings. The third kappa shape index (κ3) is 6.64. The fraction of sp³-hybridized carbons (Fsp3) is 0.800. The summed E-state index contributed by atoms with van der Waals surface area (Å²) in [6.07, 6.45) is 16.5. The zero-order valence-electron chi connectivity index (χ0n) is 19.0. The number of carbonyl (C=O) groups excluding carboxylic acids is 1. The zero-order chi connectivity index (χ0) is 21.5. The summed E-state index contributed by atoms with van der Waals surface area (Å²) in [6, 6.07) is 4.07. The summed E-state index contributed by atoms with van der Waals surface area (Å²) < 4.78 is 0. The van der Waals surface area contributed by atoms with Crippen LogP contribution in [-0.2, 0) is 0 Å². The van der Waals surface area contributed by atoms with E-state index >= 15 is 0 Å². The van der Waals surface area contributed by atoms with Crippen molar-refractivity contribution in [2.75, 3.05) is 18.0 Å². The summed E-state index contributed by atoms with van der Waals surface area (Å²) in [6.45, 7) is 2.03. The van der Waals surface area contributed by atoms with Crippen molar-refractivity contribution < 1.29 is 9.90 Å². The minimum Gasteiger partial charge on any atom is -0.393 e. The maximum Gasteiger partial charge on any atom is 0.272 e. The predicted octanol–water partition coefficient (Wildman–Crippen LogP) is 4.48. The van der Waals surface area contributed by atoms with Gasteiger partial charge in [0.25, 0.3) is 5.91 Å². The summed E-state index contributed by atoms with van der Waals surface area (Å²) in [7, 11) is 0. The fourth-order valence-corrected chi connectivity index (χ4v) is 5.72. The second kappa shape index (κ2) is 11.3. The molecule has 2 heterocycles. The minimum atomic E-state index is -0.0825. The van der Waals surface area contributed by atoms with Gasteiger partial charge in [0.15, 0.2) is 11.5 Å². The van der Waals surface area contributed by atoms with Crippen LogP contribution in [0.5, 0.6) is 0 Å². The van der Waals surface area contributed by atoms with Gasteiger partial charge in [0.05, 0.1) is 6.10 Å². The number of hydrogen-bond donors (Lipinski definition) is 2. The van der Waals surface area contributed by atoms with Gasteiger partial charge < -0.3 is 15.3 Å². The molecule has 1 amide bonds. The number of rotatable bonds is 5. The third-order valence-corrected chi connectivity index (χ3v) is 7.74. The lowest BCUT2D eigenvalue weighted by molar-refractivity contribution is 0.0924. The number of piperidine rings is 1. The van der Waals surface area contributed by atoms with Crippen molar-refractivity contribution in [1.82, 2.24) is 15.5 Å². The van der Waals surface area contributed by atoms with E-state index in [4.69, 9.17) is 0 Å². The summed E-state index contributed by atoms with van der Waals surface area (Å²) in [5.74, 6) is 2.40. The Balaban J connectivity index is 1.22. The van der Waals surface area contributed by atoms with Crippen LogP contribution in [-0.4, -0.2) is 46.4 Å². The molecule has 6 nitrogen and oxygen atoms in total. The molecule has 1 aliphatic heterocycles. The van der Waals surface area contributed by atoms with Crippen molar-refractivity contribution in [2.24, 2.45) is 11.8 Å². The van der Waals surface area contributed by atoms with E-state index in [1.165, 1.54) is 64.2 Å². The van der Waals surface area contributed by atoms with Gasteiger partial charge in [-0.25, -0.2) is 0 Å². The van der Waals surface area contributed by atoms with Crippen LogP contribution in [0.3, 0.4) is 0 Å². The summed E-state index contributed by atoms with van der Waals surface area (Å²) in [5.41, 5.74) is 0.431. The average molecular weight is 429 g/mol. The van der Waals surface area contributed by atoms with Crippen LogP contribution < -0.4 is 10.2 Å². The van der Waals surface area contributed by atoms with Crippen molar-refractivity contribution >= 4 is 11.7 Å². The number of aliphatic hydroxyl groups is 1. The number of carbonyl (C=O) groups is 1. The molecule has 2 N–H and O–H groups in total. The van der Waals surface area contributed by atoms with Crippen molar-refractivity contribution in [3.63, 3.8) is 0 Å². The lowest BCUT2D eigenvalue weighted by Gasteiger charge is -2.35. The average Bonchev–Trinajstić information content (AvgIpc) is 2.78. The highest BCUT2D eigenvalue weighted by molar-refractivity contribution is 5.92. The van der Waals surface area contributed by atoms with Gasteiger partial charge in [-0.1, -0.05) is 32.1 Å². The summed E-state index contributed by atoms with van der Waals surface area (Å²) >= 11 is 0. The number of hydrogen-bond acceptors (Lipinski definition) is 5. The molecule has 3 fully saturated rings. The van der Waals surface area contributed by atoms with E-state index in [2.05, 4.69) is 20.4 Å². The highest BCUT2D eigenvalue weighted by Gasteiger charge is 2.26. The normalized spacial score (nSPS) is 26.8. The lowest BCUT2D eigenvalue weighted by Crippen LogP contribution is -2.37. The van der Waals surface area contributed by atoms with Crippen LogP contribution in [0.2, 0.25) is 0 Å². The largest absolute Gasteiger partial charge is 0.393 e. The molecular formula is C25H40N4O2. The molecule has 31 heavy (non-hydrogen) atoms. The molecule has 4 rings (SSSR count). The first kappa shape index (κ1) is 22.5. The molecule has 3 aliphatic rings.